The number of amides is 2. The second-order valence-electron chi connectivity index (χ2n) is 4.65. The van der Waals surface area contributed by atoms with Gasteiger partial charge in [0.25, 0.3) is 0 Å². The second-order valence-corrected chi connectivity index (χ2v) is 4.65. The van der Waals surface area contributed by atoms with Gasteiger partial charge >= 0.3 is 0 Å². The van der Waals surface area contributed by atoms with Crippen LogP contribution in [-0.4, -0.2) is 81.0 Å². The Balaban J connectivity index is 4.09. The zero-order chi connectivity index (χ0) is 16.6. The molecule has 5 atom stereocenters. The van der Waals surface area contributed by atoms with Gasteiger partial charge in [-0.05, 0) is 6.42 Å². The molecule has 2 amide bonds. The van der Waals surface area contributed by atoms with Crippen molar-refractivity contribution in [3.63, 3.8) is 0 Å². The highest BCUT2D eigenvalue weighted by atomic mass is 16.4. The van der Waals surface area contributed by atoms with Gasteiger partial charge in [0.1, 0.15) is 18.3 Å². The molecule has 0 fully saturated rings. The number of aliphatic hydroxyl groups is 5. The summed E-state index contributed by atoms with van der Waals surface area (Å²) in [6.45, 7) is -1.18. The van der Waals surface area contributed by atoms with Crippen LogP contribution in [0, 0.1) is 0 Å². The number of rotatable bonds is 10. The van der Waals surface area contributed by atoms with E-state index >= 15 is 0 Å². The van der Waals surface area contributed by atoms with E-state index in [4.69, 9.17) is 21.7 Å². The van der Waals surface area contributed by atoms with E-state index in [9.17, 15) is 24.9 Å². The van der Waals surface area contributed by atoms with Crippen LogP contribution in [0.2, 0.25) is 0 Å². The van der Waals surface area contributed by atoms with Gasteiger partial charge in [0.15, 0.2) is 0 Å². The van der Waals surface area contributed by atoms with E-state index in [1.165, 1.54) is 0 Å². The van der Waals surface area contributed by atoms with Gasteiger partial charge in [-0.2, -0.15) is 0 Å². The standard InChI is InChI=1S/C11H23N3O7/c12-5(11(13)21)1-2-8(18)14-3-6(16)9(19)10(20)7(17)4-15/h5-7,9-10,15-17,19-20H,1-4,12H2,(H2,13,21)(H,14,18). The van der Waals surface area contributed by atoms with E-state index in [1.807, 2.05) is 0 Å². The van der Waals surface area contributed by atoms with Crippen LogP contribution < -0.4 is 16.8 Å². The van der Waals surface area contributed by atoms with Crippen LogP contribution in [0.3, 0.4) is 0 Å². The van der Waals surface area contributed by atoms with Crippen molar-refractivity contribution in [1.29, 1.82) is 0 Å². The van der Waals surface area contributed by atoms with Crippen LogP contribution in [0.5, 0.6) is 0 Å². The van der Waals surface area contributed by atoms with Crippen LogP contribution in [0.15, 0.2) is 0 Å². The fraction of sp³-hybridized carbons (Fsp3) is 0.818. The van der Waals surface area contributed by atoms with Gasteiger partial charge in [0.2, 0.25) is 11.8 Å². The number of primary amides is 1. The van der Waals surface area contributed by atoms with Crippen LogP contribution in [0.25, 0.3) is 0 Å². The zero-order valence-electron chi connectivity index (χ0n) is 11.4. The highest BCUT2D eigenvalue weighted by molar-refractivity contribution is 5.81. The Kier molecular flexibility index (Phi) is 9.01. The maximum atomic E-state index is 11.4. The monoisotopic (exact) mass is 309 g/mol. The minimum absolute atomic E-state index is 0.0334. The lowest BCUT2D eigenvalue weighted by atomic mass is 10.0. The molecule has 10 N–H and O–H groups in total. The average Bonchev–Trinajstić information content (AvgIpc) is 2.47. The minimum atomic E-state index is -1.76. The molecule has 21 heavy (non-hydrogen) atoms. The summed E-state index contributed by atoms with van der Waals surface area (Å²) in [6.07, 6.45) is -6.74. The molecule has 0 aliphatic rings. The Hall–Kier alpha value is -1.30. The van der Waals surface area contributed by atoms with Gasteiger partial charge in [-0.3, -0.25) is 9.59 Å². The molecule has 0 heterocycles. The molecule has 10 heteroatoms. The first kappa shape index (κ1) is 19.7. The lowest BCUT2D eigenvalue weighted by Gasteiger charge is -2.25. The Morgan fingerprint density at radius 2 is 1.57 bits per heavy atom. The summed E-state index contributed by atoms with van der Waals surface area (Å²) in [5.74, 6) is -1.27. The highest BCUT2D eigenvalue weighted by Crippen LogP contribution is 2.04. The summed E-state index contributed by atoms with van der Waals surface area (Å²) in [6, 6.07) is -0.951. The van der Waals surface area contributed by atoms with Crippen molar-refractivity contribution in [2.45, 2.75) is 43.3 Å². The van der Waals surface area contributed by atoms with E-state index < -0.39 is 48.9 Å². The summed E-state index contributed by atoms with van der Waals surface area (Å²) in [5.41, 5.74) is 10.2. The maximum Gasteiger partial charge on any atom is 0.234 e. The summed E-state index contributed by atoms with van der Waals surface area (Å²) < 4.78 is 0. The van der Waals surface area contributed by atoms with E-state index in [0.29, 0.717) is 0 Å². The molecule has 10 nitrogen and oxygen atoms in total. The fourth-order valence-corrected chi connectivity index (χ4v) is 1.42. The van der Waals surface area contributed by atoms with Crippen molar-refractivity contribution >= 4 is 11.8 Å². The zero-order valence-corrected chi connectivity index (χ0v) is 11.4. The molecule has 0 aliphatic carbocycles. The summed E-state index contributed by atoms with van der Waals surface area (Å²) in [5, 5.41) is 48.3. The lowest BCUT2D eigenvalue weighted by molar-refractivity contribution is -0.126. The molecule has 0 aromatic heterocycles. The predicted octanol–water partition coefficient (Wildman–Crippen LogP) is -4.87. The Labute approximate surface area is 121 Å². The largest absolute Gasteiger partial charge is 0.394 e. The van der Waals surface area contributed by atoms with Crippen molar-refractivity contribution in [1.82, 2.24) is 5.32 Å². The van der Waals surface area contributed by atoms with E-state index in [-0.39, 0.29) is 19.4 Å². The van der Waals surface area contributed by atoms with Gasteiger partial charge in [0.05, 0.1) is 18.8 Å². The van der Waals surface area contributed by atoms with E-state index in [1.54, 1.807) is 0 Å². The van der Waals surface area contributed by atoms with Crippen molar-refractivity contribution in [2.24, 2.45) is 11.5 Å². The maximum absolute atomic E-state index is 11.4. The quantitative estimate of drug-likeness (QED) is 0.196. The molecule has 0 radical (unpaired) electrons. The molecule has 0 rings (SSSR count). The van der Waals surface area contributed by atoms with Gasteiger partial charge in [-0.1, -0.05) is 0 Å². The molecule has 124 valence electrons. The first-order valence-electron chi connectivity index (χ1n) is 6.35. The van der Waals surface area contributed by atoms with Gasteiger partial charge in [-0.15, -0.1) is 0 Å². The first-order chi connectivity index (χ1) is 9.70. The number of carbonyl (C=O) groups excluding carboxylic acids is 2. The van der Waals surface area contributed by atoms with Crippen LogP contribution >= 0.6 is 0 Å². The van der Waals surface area contributed by atoms with Crippen molar-refractivity contribution < 1.29 is 35.1 Å². The number of nitrogens with one attached hydrogen (secondary N) is 1. The molecule has 5 unspecified atom stereocenters. The number of carbonyl (C=O) groups is 2. The Morgan fingerprint density at radius 1 is 1.05 bits per heavy atom. The van der Waals surface area contributed by atoms with Gasteiger partial charge in [0, 0.05) is 13.0 Å². The molecule has 0 saturated carbocycles. The second kappa shape index (κ2) is 9.60. The van der Waals surface area contributed by atoms with Gasteiger partial charge < -0.3 is 42.3 Å². The van der Waals surface area contributed by atoms with E-state index in [2.05, 4.69) is 5.32 Å². The molecule has 0 saturated heterocycles. The third-order valence-electron chi connectivity index (χ3n) is 2.88. The first-order valence-corrected chi connectivity index (χ1v) is 6.35. The van der Waals surface area contributed by atoms with Crippen LogP contribution in [0.1, 0.15) is 12.8 Å². The Bertz CT molecular complexity index is 342. The summed E-state index contributed by atoms with van der Waals surface area (Å²) >= 11 is 0. The molecule has 0 spiro atoms. The number of hydrogen-bond acceptors (Lipinski definition) is 8. The average molecular weight is 309 g/mol. The molecule has 0 bridgehead atoms. The predicted molar refractivity (Wildman–Crippen MR) is 70.5 cm³/mol. The Morgan fingerprint density at radius 3 is 2.05 bits per heavy atom. The van der Waals surface area contributed by atoms with E-state index in [0.717, 1.165) is 0 Å². The SMILES string of the molecule is NC(=O)C(N)CCC(=O)NCC(O)C(O)C(O)C(O)CO. The number of aliphatic hydroxyl groups excluding tert-OH is 5. The van der Waals surface area contributed by atoms with Crippen LogP contribution in [-0.2, 0) is 9.59 Å². The van der Waals surface area contributed by atoms with Crippen LogP contribution in [0.4, 0.5) is 0 Å². The smallest absolute Gasteiger partial charge is 0.234 e. The highest BCUT2D eigenvalue weighted by Gasteiger charge is 2.30. The third-order valence-corrected chi connectivity index (χ3v) is 2.88. The van der Waals surface area contributed by atoms with Crippen molar-refractivity contribution in [2.75, 3.05) is 13.2 Å². The number of nitrogens with two attached hydrogens (primary N) is 2. The lowest BCUT2D eigenvalue weighted by Crippen LogP contribution is -2.49. The normalized spacial score (nSPS) is 18.4. The molecular weight excluding hydrogens is 286 g/mol. The minimum Gasteiger partial charge on any atom is -0.394 e. The summed E-state index contributed by atoms with van der Waals surface area (Å²) in [4.78, 5) is 22.0. The topological polar surface area (TPSA) is 199 Å². The molecular formula is C11H23N3O7. The van der Waals surface area contributed by atoms with Crippen molar-refractivity contribution in [3.05, 3.63) is 0 Å². The van der Waals surface area contributed by atoms with Crippen molar-refractivity contribution in [3.8, 4) is 0 Å². The van der Waals surface area contributed by atoms with Gasteiger partial charge in [-0.25, -0.2) is 0 Å². The third kappa shape index (κ3) is 7.32. The molecule has 0 aliphatic heterocycles. The molecule has 0 aromatic carbocycles. The fourth-order valence-electron chi connectivity index (χ4n) is 1.42. The summed E-state index contributed by atoms with van der Waals surface area (Å²) in [7, 11) is 0. The molecule has 0 aromatic rings. The number of hydrogen-bond donors (Lipinski definition) is 8.